The molecule has 0 heterocycles. The minimum absolute atomic E-state index is 0.379. The van der Waals surface area contributed by atoms with Crippen molar-refractivity contribution in [3.8, 4) is 0 Å². The second kappa shape index (κ2) is 9.78. The minimum Gasteiger partial charge on any atom is -0.219 e. The van der Waals surface area contributed by atoms with Gasteiger partial charge in [0.25, 0.3) is 0 Å². The normalized spacial score (nSPS) is 12.1. The van der Waals surface area contributed by atoms with Crippen molar-refractivity contribution in [2.24, 2.45) is 0 Å². The molecule has 0 aromatic heterocycles. The number of unbranched alkanes of at least 4 members (excludes halogenated alkanes) is 7. The van der Waals surface area contributed by atoms with Gasteiger partial charge in [0.1, 0.15) is 0 Å². The zero-order valence-corrected chi connectivity index (χ0v) is 14.2. The molecule has 118 valence electrons. The van der Waals surface area contributed by atoms with Crippen LogP contribution in [0, 0.1) is 6.92 Å². The molecule has 1 aromatic carbocycles. The summed E-state index contributed by atoms with van der Waals surface area (Å²) in [5, 5.41) is 1.36. The molecular formula is C18H28O2S. The maximum atomic E-state index is 12.1. The fourth-order valence-electron chi connectivity index (χ4n) is 2.22. The van der Waals surface area contributed by atoms with E-state index in [1.54, 1.807) is 18.2 Å². The van der Waals surface area contributed by atoms with Crippen molar-refractivity contribution in [1.82, 2.24) is 0 Å². The van der Waals surface area contributed by atoms with Gasteiger partial charge in [0.2, 0.25) is 0 Å². The Labute approximate surface area is 130 Å². The second-order valence-corrected chi connectivity index (χ2v) is 7.47. The molecule has 0 saturated heterocycles. The monoisotopic (exact) mass is 308 g/mol. The number of allylic oxidation sites excluding steroid dienone is 1. The highest BCUT2D eigenvalue weighted by atomic mass is 32.2. The van der Waals surface area contributed by atoms with Crippen LogP contribution in [0.25, 0.3) is 0 Å². The van der Waals surface area contributed by atoms with Crippen LogP contribution in [0.2, 0.25) is 0 Å². The number of aryl methyl sites for hydroxylation is 1. The Morgan fingerprint density at radius 3 is 2.10 bits per heavy atom. The standard InChI is InChI=1S/C18H28O2S/c1-3-4-5-6-7-8-9-10-11-16-21(19,20)18-14-12-17(2)13-15-18/h11-16H,3-10H2,1-2H3/b16-11-. The van der Waals surface area contributed by atoms with Gasteiger partial charge >= 0.3 is 0 Å². The lowest BCUT2D eigenvalue weighted by Crippen LogP contribution is -1.95. The van der Waals surface area contributed by atoms with Crippen LogP contribution in [0.5, 0.6) is 0 Å². The second-order valence-electron chi connectivity index (χ2n) is 5.64. The van der Waals surface area contributed by atoms with E-state index in [-0.39, 0.29) is 0 Å². The van der Waals surface area contributed by atoms with Gasteiger partial charge in [-0.3, -0.25) is 0 Å². The molecule has 3 heteroatoms. The summed E-state index contributed by atoms with van der Waals surface area (Å²) < 4.78 is 24.1. The topological polar surface area (TPSA) is 34.1 Å². The Morgan fingerprint density at radius 2 is 1.48 bits per heavy atom. The average molecular weight is 308 g/mol. The number of benzene rings is 1. The van der Waals surface area contributed by atoms with Crippen molar-refractivity contribution < 1.29 is 8.42 Å². The van der Waals surface area contributed by atoms with Crippen LogP contribution in [0.1, 0.15) is 63.9 Å². The predicted molar refractivity (Wildman–Crippen MR) is 90.1 cm³/mol. The highest BCUT2D eigenvalue weighted by Crippen LogP contribution is 2.14. The molecule has 0 amide bonds. The highest BCUT2D eigenvalue weighted by molar-refractivity contribution is 7.94. The van der Waals surface area contributed by atoms with Gasteiger partial charge in [-0.05, 0) is 31.9 Å². The molecule has 1 rings (SSSR count). The van der Waals surface area contributed by atoms with Gasteiger partial charge in [0.15, 0.2) is 9.84 Å². The predicted octanol–water partition coefficient (Wildman–Crippen LogP) is 5.42. The van der Waals surface area contributed by atoms with Crippen molar-refractivity contribution in [1.29, 1.82) is 0 Å². The Balaban J connectivity index is 2.27. The number of sulfone groups is 1. The van der Waals surface area contributed by atoms with Crippen LogP contribution in [0.15, 0.2) is 40.6 Å². The number of hydrogen-bond donors (Lipinski definition) is 0. The molecule has 21 heavy (non-hydrogen) atoms. The van der Waals surface area contributed by atoms with Crippen LogP contribution in [0.3, 0.4) is 0 Å². The van der Waals surface area contributed by atoms with Crippen LogP contribution < -0.4 is 0 Å². The maximum Gasteiger partial charge on any atom is 0.199 e. The van der Waals surface area contributed by atoms with Gasteiger partial charge in [-0.15, -0.1) is 0 Å². The summed E-state index contributed by atoms with van der Waals surface area (Å²) in [4.78, 5) is 0.379. The molecule has 0 radical (unpaired) electrons. The SMILES string of the molecule is CCCCCCCCC/C=C\S(=O)(=O)c1ccc(C)cc1. The van der Waals surface area contributed by atoms with Gasteiger partial charge < -0.3 is 0 Å². The molecule has 0 bridgehead atoms. The van der Waals surface area contributed by atoms with Crippen molar-refractivity contribution in [3.05, 3.63) is 41.3 Å². The Bertz CT molecular complexity index is 513. The fraction of sp³-hybridized carbons (Fsp3) is 0.556. The smallest absolute Gasteiger partial charge is 0.199 e. The van der Waals surface area contributed by atoms with Gasteiger partial charge in [0.05, 0.1) is 4.90 Å². The molecular weight excluding hydrogens is 280 g/mol. The third kappa shape index (κ3) is 7.47. The molecule has 0 atom stereocenters. The van der Waals surface area contributed by atoms with Crippen LogP contribution in [-0.2, 0) is 9.84 Å². The van der Waals surface area contributed by atoms with E-state index < -0.39 is 9.84 Å². The Hall–Kier alpha value is -1.09. The lowest BCUT2D eigenvalue weighted by Gasteiger charge is -2.00. The molecule has 2 nitrogen and oxygen atoms in total. The first-order valence-electron chi connectivity index (χ1n) is 8.04. The number of rotatable bonds is 10. The largest absolute Gasteiger partial charge is 0.219 e. The zero-order valence-electron chi connectivity index (χ0n) is 13.3. The Morgan fingerprint density at radius 1 is 0.905 bits per heavy atom. The summed E-state index contributed by atoms with van der Waals surface area (Å²) in [5.74, 6) is 0. The first-order valence-corrected chi connectivity index (χ1v) is 9.59. The van der Waals surface area contributed by atoms with E-state index in [9.17, 15) is 8.42 Å². The molecule has 0 unspecified atom stereocenters. The Kier molecular flexibility index (Phi) is 8.36. The lowest BCUT2D eigenvalue weighted by molar-refractivity contribution is 0.591. The fourth-order valence-corrected chi connectivity index (χ4v) is 3.28. The summed E-state index contributed by atoms with van der Waals surface area (Å²) in [5.41, 5.74) is 1.07. The first kappa shape index (κ1) is 18.0. The molecule has 0 spiro atoms. The molecule has 0 fully saturated rings. The average Bonchev–Trinajstić information content (AvgIpc) is 2.46. The van der Waals surface area contributed by atoms with Gasteiger partial charge in [0, 0.05) is 5.41 Å². The summed E-state index contributed by atoms with van der Waals surface area (Å²) in [6.45, 7) is 4.17. The minimum atomic E-state index is -3.26. The third-order valence-electron chi connectivity index (χ3n) is 3.60. The maximum absolute atomic E-state index is 12.1. The van der Waals surface area contributed by atoms with Gasteiger partial charge in [-0.1, -0.05) is 69.2 Å². The van der Waals surface area contributed by atoms with Crippen molar-refractivity contribution in [3.63, 3.8) is 0 Å². The summed E-state index contributed by atoms with van der Waals surface area (Å²) >= 11 is 0. The van der Waals surface area contributed by atoms with E-state index in [1.165, 1.54) is 43.9 Å². The summed E-state index contributed by atoms with van der Waals surface area (Å²) in [7, 11) is -3.26. The van der Waals surface area contributed by atoms with Gasteiger partial charge in [-0.2, -0.15) is 0 Å². The zero-order chi connectivity index (χ0) is 15.6. The summed E-state index contributed by atoms with van der Waals surface area (Å²) in [6.07, 6.45) is 11.4. The molecule has 1 aromatic rings. The van der Waals surface area contributed by atoms with E-state index in [2.05, 4.69) is 6.92 Å². The van der Waals surface area contributed by atoms with E-state index in [4.69, 9.17) is 0 Å². The molecule has 0 N–H and O–H groups in total. The van der Waals surface area contributed by atoms with Crippen molar-refractivity contribution in [2.75, 3.05) is 0 Å². The van der Waals surface area contributed by atoms with Crippen LogP contribution >= 0.6 is 0 Å². The molecule has 0 aliphatic heterocycles. The van der Waals surface area contributed by atoms with E-state index in [0.29, 0.717) is 4.90 Å². The molecule has 0 aliphatic rings. The van der Waals surface area contributed by atoms with Crippen molar-refractivity contribution in [2.45, 2.75) is 70.1 Å². The quantitative estimate of drug-likeness (QED) is 0.541. The van der Waals surface area contributed by atoms with E-state index in [1.807, 2.05) is 19.1 Å². The third-order valence-corrected chi connectivity index (χ3v) is 5.08. The van der Waals surface area contributed by atoms with Crippen molar-refractivity contribution >= 4 is 9.84 Å². The summed E-state index contributed by atoms with van der Waals surface area (Å²) in [6, 6.07) is 7.00. The molecule has 0 saturated carbocycles. The van der Waals surface area contributed by atoms with Crippen LogP contribution in [0.4, 0.5) is 0 Å². The number of hydrogen-bond acceptors (Lipinski definition) is 2. The first-order chi connectivity index (χ1) is 10.1. The van der Waals surface area contributed by atoms with Crippen LogP contribution in [-0.4, -0.2) is 8.42 Å². The van der Waals surface area contributed by atoms with Gasteiger partial charge in [-0.25, -0.2) is 8.42 Å². The highest BCUT2D eigenvalue weighted by Gasteiger charge is 2.08. The van der Waals surface area contributed by atoms with E-state index >= 15 is 0 Å². The molecule has 0 aliphatic carbocycles. The van der Waals surface area contributed by atoms with E-state index in [0.717, 1.165) is 18.4 Å². The lowest BCUT2D eigenvalue weighted by atomic mass is 10.1.